The molecular formula is C16H20FN5OS. The monoisotopic (exact) mass is 349 g/mol. The van der Waals surface area contributed by atoms with E-state index in [9.17, 15) is 9.18 Å². The Morgan fingerprint density at radius 1 is 1.21 bits per heavy atom. The van der Waals surface area contributed by atoms with Crippen molar-refractivity contribution in [1.82, 2.24) is 14.8 Å². The van der Waals surface area contributed by atoms with Gasteiger partial charge in [-0.25, -0.2) is 9.37 Å². The van der Waals surface area contributed by atoms with Crippen molar-refractivity contribution < 1.29 is 9.18 Å². The van der Waals surface area contributed by atoms with Gasteiger partial charge in [0.2, 0.25) is 5.91 Å². The van der Waals surface area contributed by atoms with Crippen LogP contribution < -0.4 is 11.1 Å². The van der Waals surface area contributed by atoms with Gasteiger partial charge in [0.05, 0.1) is 6.54 Å². The maximum Gasteiger partial charge on any atom is 0.238 e. The molecule has 0 unspecified atom stereocenters. The van der Waals surface area contributed by atoms with Crippen molar-refractivity contribution in [3.8, 4) is 0 Å². The molecule has 3 rings (SSSR count). The van der Waals surface area contributed by atoms with Crippen molar-refractivity contribution in [1.29, 1.82) is 0 Å². The molecule has 0 bridgehead atoms. The first-order valence-electron chi connectivity index (χ1n) is 7.79. The number of piperazine rings is 1. The van der Waals surface area contributed by atoms with E-state index >= 15 is 0 Å². The van der Waals surface area contributed by atoms with Gasteiger partial charge < -0.3 is 11.1 Å². The minimum atomic E-state index is -0.313. The Kier molecular flexibility index (Phi) is 5.39. The highest BCUT2D eigenvalue weighted by molar-refractivity contribution is 7.15. The zero-order valence-corrected chi connectivity index (χ0v) is 14.1. The zero-order valence-electron chi connectivity index (χ0n) is 13.2. The summed E-state index contributed by atoms with van der Waals surface area (Å²) < 4.78 is 12.9. The predicted molar refractivity (Wildman–Crippen MR) is 93.3 cm³/mol. The van der Waals surface area contributed by atoms with Gasteiger partial charge in [0.1, 0.15) is 5.82 Å². The number of hydrogen-bond donors (Lipinski definition) is 2. The quantitative estimate of drug-likeness (QED) is 0.858. The third-order valence-corrected chi connectivity index (χ3v) is 4.72. The second kappa shape index (κ2) is 7.69. The van der Waals surface area contributed by atoms with Gasteiger partial charge >= 0.3 is 0 Å². The minimum absolute atomic E-state index is 0.0784. The summed E-state index contributed by atoms with van der Waals surface area (Å²) in [6.07, 6.45) is 1.82. The molecule has 2 aromatic rings. The van der Waals surface area contributed by atoms with Crippen molar-refractivity contribution >= 4 is 28.1 Å². The van der Waals surface area contributed by atoms with E-state index in [1.165, 1.54) is 23.5 Å². The Balaban J connectivity index is 1.41. The molecule has 2 heterocycles. The van der Waals surface area contributed by atoms with Gasteiger partial charge in [-0.3, -0.25) is 14.6 Å². The largest absolute Gasteiger partial charge is 0.375 e. The van der Waals surface area contributed by atoms with Crippen LogP contribution >= 0.6 is 11.3 Å². The average molecular weight is 349 g/mol. The van der Waals surface area contributed by atoms with Gasteiger partial charge in [-0.05, 0) is 24.3 Å². The standard InChI is InChI=1S/C16H20FN5OS/c17-12-1-3-13(4-2-12)20-15(23)11-22-7-5-21(6-8-22)10-14-9-19-16(18)24-14/h1-4,9H,5-8,10-11H2,(H2,18,19)(H,20,23). The number of hydrogen-bond acceptors (Lipinski definition) is 6. The van der Waals surface area contributed by atoms with Crippen molar-refractivity contribution in [2.24, 2.45) is 0 Å². The normalized spacial score (nSPS) is 16.2. The highest BCUT2D eigenvalue weighted by atomic mass is 32.1. The molecule has 1 aromatic heterocycles. The number of halogens is 1. The first-order chi connectivity index (χ1) is 11.6. The van der Waals surface area contributed by atoms with Gasteiger partial charge in [0.25, 0.3) is 0 Å². The Morgan fingerprint density at radius 2 is 1.88 bits per heavy atom. The van der Waals surface area contributed by atoms with Crippen LogP contribution in [0.2, 0.25) is 0 Å². The molecule has 0 atom stereocenters. The summed E-state index contributed by atoms with van der Waals surface area (Å²) in [5.41, 5.74) is 6.26. The first kappa shape index (κ1) is 16.8. The number of carbonyl (C=O) groups is 1. The average Bonchev–Trinajstić information content (AvgIpc) is 2.96. The van der Waals surface area contributed by atoms with Crippen molar-refractivity contribution in [2.45, 2.75) is 6.54 Å². The molecule has 1 amide bonds. The number of nitrogen functional groups attached to an aromatic ring is 1. The van der Waals surface area contributed by atoms with E-state index in [1.807, 2.05) is 6.20 Å². The SMILES string of the molecule is Nc1ncc(CN2CCN(CC(=O)Nc3ccc(F)cc3)CC2)s1. The summed E-state index contributed by atoms with van der Waals surface area (Å²) in [5, 5.41) is 3.39. The number of benzene rings is 1. The summed E-state index contributed by atoms with van der Waals surface area (Å²) in [5.74, 6) is -0.392. The second-order valence-electron chi connectivity index (χ2n) is 5.77. The van der Waals surface area contributed by atoms with Crippen molar-refractivity contribution in [3.05, 3.63) is 41.2 Å². The van der Waals surface area contributed by atoms with Gasteiger partial charge in [0.15, 0.2) is 5.13 Å². The molecule has 1 aliphatic heterocycles. The molecule has 0 saturated carbocycles. The van der Waals surface area contributed by atoms with Crippen LogP contribution in [0.5, 0.6) is 0 Å². The topological polar surface area (TPSA) is 74.5 Å². The number of nitrogens with one attached hydrogen (secondary N) is 1. The number of aromatic nitrogens is 1. The summed E-state index contributed by atoms with van der Waals surface area (Å²) in [7, 11) is 0. The molecule has 128 valence electrons. The van der Waals surface area contributed by atoms with Gasteiger partial charge in [0, 0.05) is 49.5 Å². The zero-order chi connectivity index (χ0) is 16.9. The number of rotatable bonds is 5. The molecule has 0 spiro atoms. The van der Waals surface area contributed by atoms with Crippen LogP contribution in [-0.2, 0) is 11.3 Å². The molecule has 1 aliphatic rings. The Bertz CT molecular complexity index is 682. The fraction of sp³-hybridized carbons (Fsp3) is 0.375. The number of nitrogens with two attached hydrogens (primary N) is 1. The number of amides is 1. The maximum absolute atomic E-state index is 12.9. The summed E-state index contributed by atoms with van der Waals surface area (Å²) >= 11 is 1.52. The molecule has 1 saturated heterocycles. The molecule has 6 nitrogen and oxygen atoms in total. The van der Waals surface area contributed by atoms with Crippen molar-refractivity contribution in [3.63, 3.8) is 0 Å². The fourth-order valence-electron chi connectivity index (χ4n) is 2.66. The van der Waals surface area contributed by atoms with Crippen LogP contribution in [0.25, 0.3) is 0 Å². The number of thiazole rings is 1. The van der Waals surface area contributed by atoms with Crippen LogP contribution in [-0.4, -0.2) is 53.4 Å². The molecular weight excluding hydrogens is 329 g/mol. The van der Waals surface area contributed by atoms with Crippen LogP contribution in [0.1, 0.15) is 4.88 Å². The lowest BCUT2D eigenvalue weighted by Gasteiger charge is -2.33. The van der Waals surface area contributed by atoms with E-state index in [4.69, 9.17) is 5.73 Å². The molecule has 8 heteroatoms. The van der Waals surface area contributed by atoms with Crippen molar-refractivity contribution in [2.75, 3.05) is 43.8 Å². The number of anilines is 2. The highest BCUT2D eigenvalue weighted by Gasteiger charge is 2.19. The van der Waals surface area contributed by atoms with Gasteiger partial charge in [-0.15, -0.1) is 11.3 Å². The highest BCUT2D eigenvalue weighted by Crippen LogP contribution is 2.17. The molecule has 0 aliphatic carbocycles. The Labute approximate surface area is 144 Å². The molecule has 3 N–H and O–H groups in total. The van der Waals surface area contributed by atoms with Crippen LogP contribution in [0.4, 0.5) is 15.2 Å². The number of nitrogens with zero attached hydrogens (tertiary/aromatic N) is 3. The smallest absolute Gasteiger partial charge is 0.238 e. The van der Waals surface area contributed by atoms with E-state index in [0.29, 0.717) is 17.4 Å². The van der Waals surface area contributed by atoms with Crippen LogP contribution in [0.3, 0.4) is 0 Å². The van der Waals surface area contributed by atoms with E-state index in [1.54, 1.807) is 12.1 Å². The minimum Gasteiger partial charge on any atom is -0.375 e. The maximum atomic E-state index is 12.9. The third kappa shape index (κ3) is 4.73. The van der Waals surface area contributed by atoms with E-state index in [-0.39, 0.29) is 11.7 Å². The Hall–Kier alpha value is -2.03. The Morgan fingerprint density at radius 3 is 2.50 bits per heavy atom. The van der Waals surface area contributed by atoms with E-state index in [2.05, 4.69) is 20.1 Å². The van der Waals surface area contributed by atoms with Crippen LogP contribution in [0.15, 0.2) is 30.5 Å². The predicted octanol–water partition coefficient (Wildman–Crippen LogP) is 1.62. The third-order valence-electron chi connectivity index (χ3n) is 3.91. The lowest BCUT2D eigenvalue weighted by Crippen LogP contribution is -2.48. The summed E-state index contributed by atoms with van der Waals surface area (Å²) in [4.78, 5) is 21.7. The van der Waals surface area contributed by atoms with E-state index < -0.39 is 0 Å². The molecule has 24 heavy (non-hydrogen) atoms. The van der Waals surface area contributed by atoms with Crippen LogP contribution in [0, 0.1) is 5.82 Å². The summed E-state index contributed by atoms with van der Waals surface area (Å²) in [6, 6.07) is 5.79. The van der Waals surface area contributed by atoms with E-state index in [0.717, 1.165) is 37.6 Å². The fourth-order valence-corrected chi connectivity index (χ4v) is 3.39. The summed E-state index contributed by atoms with van der Waals surface area (Å²) in [6.45, 7) is 4.68. The first-order valence-corrected chi connectivity index (χ1v) is 8.60. The second-order valence-corrected chi connectivity index (χ2v) is 6.92. The van der Waals surface area contributed by atoms with Gasteiger partial charge in [-0.2, -0.15) is 0 Å². The number of carbonyl (C=O) groups excluding carboxylic acids is 1. The van der Waals surface area contributed by atoms with Gasteiger partial charge in [-0.1, -0.05) is 0 Å². The molecule has 0 radical (unpaired) electrons. The molecule has 1 aromatic carbocycles. The lowest BCUT2D eigenvalue weighted by molar-refractivity contribution is -0.117. The lowest BCUT2D eigenvalue weighted by atomic mass is 10.3. The molecule has 1 fully saturated rings.